The number of allylic oxidation sites excluding steroid dienone is 3. The summed E-state index contributed by atoms with van der Waals surface area (Å²) >= 11 is 6.30. The van der Waals surface area contributed by atoms with Crippen LogP contribution in [-0.4, -0.2) is 22.0 Å². The fourth-order valence-corrected chi connectivity index (χ4v) is 2.96. The van der Waals surface area contributed by atoms with Gasteiger partial charge in [0, 0.05) is 12.2 Å². The summed E-state index contributed by atoms with van der Waals surface area (Å²) < 4.78 is -0.587. The van der Waals surface area contributed by atoms with E-state index in [1.807, 2.05) is 6.07 Å². The van der Waals surface area contributed by atoms with Gasteiger partial charge in [-0.1, -0.05) is 28.3 Å². The van der Waals surface area contributed by atoms with Crippen molar-refractivity contribution < 1.29 is 19.0 Å². The number of urea groups is 1. The smallest absolute Gasteiger partial charge is 0.288 e. The molecule has 1 aromatic rings. The quantitative estimate of drug-likeness (QED) is 0.619. The van der Waals surface area contributed by atoms with Crippen molar-refractivity contribution in [2.24, 2.45) is 0 Å². The standard InChI is InChI=1S/C19H17ClN4O3/c1-19(2,3)27-23(15-7-5-4-6-14(15)20)18(26)24-11-9-17(25)13(12-21)16(24)8-10-22-24/h4-11H,1-3H3/p+1. The predicted octanol–water partition coefficient (Wildman–Crippen LogP) is 3.72. The molecule has 0 saturated heterocycles. The Labute approximate surface area is 161 Å². The minimum absolute atomic E-state index is 0.109. The molecule has 27 heavy (non-hydrogen) atoms. The second-order valence-electron chi connectivity index (χ2n) is 6.97. The number of hydrogen-bond acceptors (Lipinski definition) is 5. The van der Waals surface area contributed by atoms with Crippen molar-refractivity contribution in [2.75, 3.05) is 5.06 Å². The van der Waals surface area contributed by atoms with Gasteiger partial charge in [-0.3, -0.25) is 9.63 Å². The molecule has 0 spiro atoms. The van der Waals surface area contributed by atoms with Crippen molar-refractivity contribution in [3.05, 3.63) is 65.1 Å². The maximum Gasteiger partial charge on any atom is 0.482 e. The number of amides is 2. The van der Waals surface area contributed by atoms with Crippen LogP contribution in [0, 0.1) is 11.3 Å². The molecule has 0 saturated carbocycles. The van der Waals surface area contributed by atoms with Crippen LogP contribution in [0.3, 0.4) is 0 Å². The van der Waals surface area contributed by atoms with Gasteiger partial charge in [0.1, 0.15) is 12.3 Å². The van der Waals surface area contributed by atoms with Crippen LogP contribution in [0.4, 0.5) is 10.5 Å². The van der Waals surface area contributed by atoms with E-state index in [4.69, 9.17) is 16.4 Å². The third-order valence-corrected chi connectivity index (χ3v) is 4.19. The van der Waals surface area contributed by atoms with Crippen LogP contribution in [0.25, 0.3) is 0 Å². The number of halogens is 1. The SMILES string of the molecule is CC(C)(C)ON(C(=O)[N+]12C=CC(=O)C(C#N)=C1C=CN2)c1ccccc1Cl. The zero-order valence-corrected chi connectivity index (χ0v) is 15.8. The molecule has 7 nitrogen and oxygen atoms in total. The highest BCUT2D eigenvalue weighted by atomic mass is 35.5. The number of fused-ring (bicyclic) bond motifs is 1. The number of carbonyl (C=O) groups excluding carboxylic acids is 2. The van der Waals surface area contributed by atoms with Crippen LogP contribution in [0.1, 0.15) is 20.8 Å². The Morgan fingerprint density at radius 1 is 1.30 bits per heavy atom. The number of benzene rings is 1. The summed E-state index contributed by atoms with van der Waals surface area (Å²) in [7, 11) is 0. The first-order valence-corrected chi connectivity index (χ1v) is 8.57. The molecule has 3 rings (SSSR count). The monoisotopic (exact) mass is 385 g/mol. The summed E-state index contributed by atoms with van der Waals surface area (Å²) in [6.45, 7) is 5.40. The number of anilines is 1. The average molecular weight is 386 g/mol. The zero-order valence-electron chi connectivity index (χ0n) is 15.1. The molecule has 0 fully saturated rings. The van der Waals surface area contributed by atoms with E-state index in [1.54, 1.807) is 45.0 Å². The maximum absolute atomic E-state index is 13.6. The molecule has 0 bridgehead atoms. The molecule has 1 atom stereocenters. The molecule has 2 aliphatic rings. The van der Waals surface area contributed by atoms with Crippen molar-refractivity contribution in [1.29, 1.82) is 5.26 Å². The molecule has 2 amide bonds. The van der Waals surface area contributed by atoms with Crippen molar-refractivity contribution in [2.45, 2.75) is 26.4 Å². The lowest BCUT2D eigenvalue weighted by molar-refractivity contribution is -0.792. The van der Waals surface area contributed by atoms with E-state index in [0.29, 0.717) is 10.7 Å². The summed E-state index contributed by atoms with van der Waals surface area (Å²) in [5, 5.41) is 10.8. The highest BCUT2D eigenvalue weighted by Gasteiger charge is 2.51. The molecule has 1 unspecified atom stereocenters. The third kappa shape index (κ3) is 3.26. The Hall–Kier alpha value is -2.92. The summed E-state index contributed by atoms with van der Waals surface area (Å²) in [6, 6.07) is 8.08. The first-order valence-electron chi connectivity index (χ1n) is 8.19. The van der Waals surface area contributed by atoms with Gasteiger partial charge in [0.15, 0.2) is 11.3 Å². The van der Waals surface area contributed by atoms with E-state index in [9.17, 15) is 14.9 Å². The molecule has 1 aromatic carbocycles. The number of nitriles is 1. The third-order valence-electron chi connectivity index (χ3n) is 3.88. The van der Waals surface area contributed by atoms with Crippen LogP contribution in [0.2, 0.25) is 5.02 Å². The van der Waals surface area contributed by atoms with E-state index in [2.05, 4.69) is 5.43 Å². The number of nitrogens with one attached hydrogen (secondary N) is 1. The molecule has 0 aromatic heterocycles. The highest BCUT2D eigenvalue weighted by Crippen LogP contribution is 2.35. The van der Waals surface area contributed by atoms with E-state index in [1.165, 1.54) is 24.6 Å². The Morgan fingerprint density at radius 3 is 2.63 bits per heavy atom. The van der Waals surface area contributed by atoms with Crippen LogP contribution >= 0.6 is 11.6 Å². The van der Waals surface area contributed by atoms with Crippen LogP contribution < -0.4 is 10.5 Å². The molecule has 8 heteroatoms. The number of nitrogens with zero attached hydrogens (tertiary/aromatic N) is 3. The van der Waals surface area contributed by atoms with Crippen LogP contribution in [0.15, 0.2) is 60.1 Å². The fourth-order valence-electron chi connectivity index (χ4n) is 2.75. The van der Waals surface area contributed by atoms with Gasteiger partial charge in [0.05, 0.1) is 22.5 Å². The largest absolute Gasteiger partial charge is 0.482 e. The van der Waals surface area contributed by atoms with Crippen LogP contribution in [-0.2, 0) is 9.63 Å². The van der Waals surface area contributed by atoms with Gasteiger partial charge in [-0.05, 0) is 32.9 Å². The number of ketones is 1. The van der Waals surface area contributed by atoms with Crippen molar-refractivity contribution in [3.8, 4) is 6.07 Å². The van der Waals surface area contributed by atoms with Crippen molar-refractivity contribution in [1.82, 2.24) is 5.43 Å². The van der Waals surface area contributed by atoms with Gasteiger partial charge < -0.3 is 0 Å². The number of para-hydroxylation sites is 1. The number of rotatable bonds is 2. The summed E-state index contributed by atoms with van der Waals surface area (Å²) in [5.74, 6) is -0.455. The molecule has 0 aliphatic carbocycles. The lowest BCUT2D eigenvalue weighted by atomic mass is 10.1. The molecule has 2 heterocycles. The first kappa shape index (κ1) is 18.9. The van der Waals surface area contributed by atoms with Crippen molar-refractivity contribution in [3.63, 3.8) is 0 Å². The van der Waals surface area contributed by atoms with E-state index in [-0.39, 0.29) is 11.3 Å². The van der Waals surface area contributed by atoms with Crippen molar-refractivity contribution >= 4 is 29.1 Å². The second kappa shape index (κ2) is 6.67. The summed E-state index contributed by atoms with van der Waals surface area (Å²) in [4.78, 5) is 31.6. The first-order chi connectivity index (χ1) is 12.7. The summed E-state index contributed by atoms with van der Waals surface area (Å²) in [6.07, 6.45) is 5.62. The van der Waals surface area contributed by atoms with Gasteiger partial charge in [-0.25, -0.2) is 10.2 Å². The minimum Gasteiger partial charge on any atom is -0.288 e. The van der Waals surface area contributed by atoms with E-state index >= 15 is 0 Å². The number of quaternary nitrogens is 1. The summed E-state index contributed by atoms with van der Waals surface area (Å²) in [5.41, 5.74) is 2.66. The number of carbonyl (C=O) groups is 2. The Morgan fingerprint density at radius 2 is 2.00 bits per heavy atom. The Bertz CT molecular complexity index is 952. The fraction of sp³-hybridized carbons (Fsp3) is 0.211. The Balaban J connectivity index is 2.14. The van der Waals surface area contributed by atoms with Gasteiger partial charge in [0.2, 0.25) is 5.78 Å². The van der Waals surface area contributed by atoms with Gasteiger partial charge >= 0.3 is 6.03 Å². The molecule has 2 aliphatic heterocycles. The molecule has 1 N–H and O–H groups in total. The normalized spacial score (nSPS) is 20.9. The minimum atomic E-state index is -0.711. The van der Waals surface area contributed by atoms with E-state index < -0.39 is 22.0 Å². The van der Waals surface area contributed by atoms with Crippen LogP contribution in [0.5, 0.6) is 0 Å². The number of hydroxylamine groups is 1. The molecule has 138 valence electrons. The highest BCUT2D eigenvalue weighted by molar-refractivity contribution is 6.33. The van der Waals surface area contributed by atoms with Gasteiger partial charge in [0.25, 0.3) is 0 Å². The van der Waals surface area contributed by atoms with Gasteiger partial charge in [-0.2, -0.15) is 5.26 Å². The molecule has 0 radical (unpaired) electrons. The van der Waals surface area contributed by atoms with Gasteiger partial charge in [-0.15, -0.1) is 5.06 Å². The molecular weight excluding hydrogens is 368 g/mol. The topological polar surface area (TPSA) is 82.4 Å². The second-order valence-corrected chi connectivity index (χ2v) is 7.38. The zero-order chi connectivity index (χ0) is 19.8. The number of hydrogen-bond donors (Lipinski definition) is 1. The lowest BCUT2D eigenvalue weighted by Crippen LogP contribution is -2.60. The lowest BCUT2D eigenvalue weighted by Gasteiger charge is -2.36. The Kier molecular flexibility index (Phi) is 4.66. The molecular formula is C19H18ClN4O3+. The predicted molar refractivity (Wildman–Crippen MR) is 99.5 cm³/mol. The maximum atomic E-state index is 13.6. The van der Waals surface area contributed by atoms with E-state index in [0.717, 1.165) is 5.06 Å². The average Bonchev–Trinajstić information content (AvgIpc) is 3.04.